The molecule has 1 aliphatic heterocycles. The lowest BCUT2D eigenvalue weighted by Gasteiger charge is -2.33. The van der Waals surface area contributed by atoms with E-state index in [1.165, 1.54) is 6.07 Å². The summed E-state index contributed by atoms with van der Waals surface area (Å²) in [6.45, 7) is 1.30. The molecule has 2 N–H and O–H groups in total. The van der Waals surface area contributed by atoms with Gasteiger partial charge in [0.15, 0.2) is 0 Å². The first-order valence-electron chi connectivity index (χ1n) is 6.17. The summed E-state index contributed by atoms with van der Waals surface area (Å²) in [6, 6.07) is 4.26. The van der Waals surface area contributed by atoms with E-state index < -0.39 is 11.7 Å². The van der Waals surface area contributed by atoms with Crippen LogP contribution in [-0.2, 0) is 10.9 Å². The molecule has 0 saturated carbocycles. The zero-order valence-corrected chi connectivity index (χ0v) is 10.7. The highest BCUT2D eigenvalue weighted by molar-refractivity contribution is 5.59. The van der Waals surface area contributed by atoms with Crippen molar-refractivity contribution in [2.24, 2.45) is 0 Å². The minimum Gasteiger partial charge on any atom is -0.398 e. The predicted octanol–water partition coefficient (Wildman–Crippen LogP) is 2.90. The monoisotopic (exact) mass is 274 g/mol. The molecule has 1 aliphatic rings. The van der Waals surface area contributed by atoms with Crippen molar-refractivity contribution in [2.75, 3.05) is 30.9 Å². The van der Waals surface area contributed by atoms with Crippen molar-refractivity contribution in [3.8, 4) is 0 Å². The Morgan fingerprint density at radius 3 is 2.47 bits per heavy atom. The predicted molar refractivity (Wildman–Crippen MR) is 68.1 cm³/mol. The second kappa shape index (κ2) is 5.28. The lowest BCUT2D eigenvalue weighted by atomic mass is 10.1. The second-order valence-electron chi connectivity index (χ2n) is 4.72. The van der Waals surface area contributed by atoms with Gasteiger partial charge in [0.2, 0.25) is 0 Å². The van der Waals surface area contributed by atoms with Gasteiger partial charge in [0.05, 0.1) is 5.56 Å². The number of halogens is 3. The van der Waals surface area contributed by atoms with Crippen molar-refractivity contribution in [2.45, 2.75) is 25.1 Å². The zero-order valence-electron chi connectivity index (χ0n) is 10.7. The molecule has 1 saturated heterocycles. The van der Waals surface area contributed by atoms with Gasteiger partial charge in [0.1, 0.15) is 0 Å². The van der Waals surface area contributed by atoms with Gasteiger partial charge in [0, 0.05) is 37.7 Å². The highest BCUT2D eigenvalue weighted by Crippen LogP contribution is 2.36. The van der Waals surface area contributed by atoms with Crippen LogP contribution in [0.5, 0.6) is 0 Å². The first-order valence-corrected chi connectivity index (χ1v) is 6.17. The van der Waals surface area contributed by atoms with Gasteiger partial charge in [-0.3, -0.25) is 0 Å². The number of hydrogen-bond acceptors (Lipinski definition) is 3. The Morgan fingerprint density at radius 2 is 1.89 bits per heavy atom. The van der Waals surface area contributed by atoms with Crippen LogP contribution < -0.4 is 10.6 Å². The third kappa shape index (κ3) is 3.12. The summed E-state index contributed by atoms with van der Waals surface area (Å²) in [4.78, 5) is 1.87. The largest absolute Gasteiger partial charge is 0.418 e. The van der Waals surface area contributed by atoms with Crippen LogP contribution in [0.4, 0.5) is 24.5 Å². The molecule has 0 spiro atoms. The summed E-state index contributed by atoms with van der Waals surface area (Å²) in [7, 11) is 1.81. The van der Waals surface area contributed by atoms with Gasteiger partial charge in [0.25, 0.3) is 0 Å². The number of ether oxygens (including phenoxy) is 1. The van der Waals surface area contributed by atoms with Crippen LogP contribution in [0.3, 0.4) is 0 Å². The lowest BCUT2D eigenvalue weighted by molar-refractivity contribution is -0.136. The van der Waals surface area contributed by atoms with Gasteiger partial charge in [-0.25, -0.2) is 0 Å². The lowest BCUT2D eigenvalue weighted by Crippen LogP contribution is -2.36. The van der Waals surface area contributed by atoms with Crippen molar-refractivity contribution in [1.29, 1.82) is 0 Å². The summed E-state index contributed by atoms with van der Waals surface area (Å²) in [5.41, 5.74) is 4.92. The molecule has 1 heterocycles. The minimum atomic E-state index is -4.42. The summed E-state index contributed by atoms with van der Waals surface area (Å²) >= 11 is 0. The fourth-order valence-electron chi connectivity index (χ4n) is 2.29. The van der Waals surface area contributed by atoms with E-state index >= 15 is 0 Å². The SMILES string of the molecule is CN(c1ccc(N)c(C(F)(F)F)c1)C1CCOCC1. The van der Waals surface area contributed by atoms with Gasteiger partial charge in [-0.15, -0.1) is 0 Å². The average molecular weight is 274 g/mol. The highest BCUT2D eigenvalue weighted by Gasteiger charge is 2.33. The van der Waals surface area contributed by atoms with Gasteiger partial charge >= 0.3 is 6.18 Å². The van der Waals surface area contributed by atoms with Gasteiger partial charge in [-0.2, -0.15) is 13.2 Å². The normalized spacial score (nSPS) is 17.5. The summed E-state index contributed by atoms with van der Waals surface area (Å²) < 4.78 is 43.7. The van der Waals surface area contributed by atoms with Crippen molar-refractivity contribution in [1.82, 2.24) is 0 Å². The molecule has 0 bridgehead atoms. The molecule has 0 radical (unpaired) electrons. The molecule has 0 unspecified atom stereocenters. The van der Waals surface area contributed by atoms with Crippen LogP contribution in [0.1, 0.15) is 18.4 Å². The number of nitrogens with two attached hydrogens (primary N) is 1. The summed E-state index contributed by atoms with van der Waals surface area (Å²) in [6.07, 6.45) is -2.78. The molecule has 3 nitrogen and oxygen atoms in total. The number of nitrogens with zero attached hydrogens (tertiary/aromatic N) is 1. The number of hydrogen-bond donors (Lipinski definition) is 1. The van der Waals surface area contributed by atoms with Crippen LogP contribution in [-0.4, -0.2) is 26.3 Å². The molecule has 106 valence electrons. The van der Waals surface area contributed by atoms with Gasteiger partial charge < -0.3 is 15.4 Å². The Morgan fingerprint density at radius 1 is 1.26 bits per heavy atom. The molecule has 6 heteroatoms. The fourth-order valence-corrected chi connectivity index (χ4v) is 2.29. The number of benzene rings is 1. The van der Waals surface area contributed by atoms with Crippen molar-refractivity contribution in [3.05, 3.63) is 23.8 Å². The fraction of sp³-hybridized carbons (Fsp3) is 0.538. The van der Waals surface area contributed by atoms with E-state index in [2.05, 4.69) is 0 Å². The topological polar surface area (TPSA) is 38.5 Å². The third-order valence-electron chi connectivity index (χ3n) is 3.49. The van der Waals surface area contributed by atoms with Crippen LogP contribution in [0.2, 0.25) is 0 Å². The van der Waals surface area contributed by atoms with Crippen LogP contribution in [0.25, 0.3) is 0 Å². The maximum atomic E-state index is 12.8. The maximum Gasteiger partial charge on any atom is 0.418 e. The number of nitrogen functional groups attached to an aromatic ring is 1. The molecule has 2 rings (SSSR count). The van der Waals surface area contributed by atoms with E-state index in [0.29, 0.717) is 18.9 Å². The first kappa shape index (κ1) is 14.0. The van der Waals surface area contributed by atoms with Gasteiger partial charge in [-0.05, 0) is 31.0 Å². The molecule has 0 atom stereocenters. The molecule has 0 aromatic heterocycles. The average Bonchev–Trinajstić information content (AvgIpc) is 2.38. The summed E-state index contributed by atoms with van der Waals surface area (Å²) in [5.74, 6) is 0. The number of alkyl halides is 3. The quantitative estimate of drug-likeness (QED) is 0.843. The molecule has 1 fully saturated rings. The zero-order chi connectivity index (χ0) is 14.0. The molecule has 1 aromatic rings. The molecular weight excluding hydrogens is 257 g/mol. The Kier molecular flexibility index (Phi) is 3.89. The van der Waals surface area contributed by atoms with Crippen molar-refractivity contribution < 1.29 is 17.9 Å². The van der Waals surface area contributed by atoms with E-state index in [0.717, 1.165) is 18.9 Å². The molecular formula is C13H17F3N2O. The Labute approximate surface area is 110 Å². The summed E-state index contributed by atoms with van der Waals surface area (Å²) in [5, 5.41) is 0. The van der Waals surface area contributed by atoms with E-state index in [1.807, 2.05) is 11.9 Å². The maximum absolute atomic E-state index is 12.8. The van der Waals surface area contributed by atoms with Crippen molar-refractivity contribution >= 4 is 11.4 Å². The second-order valence-corrected chi connectivity index (χ2v) is 4.72. The first-order chi connectivity index (χ1) is 8.89. The van der Waals surface area contributed by atoms with E-state index in [9.17, 15) is 13.2 Å². The Bertz CT molecular complexity index is 442. The van der Waals surface area contributed by atoms with E-state index in [4.69, 9.17) is 10.5 Å². The van der Waals surface area contributed by atoms with E-state index in [-0.39, 0.29) is 11.7 Å². The Hall–Kier alpha value is -1.43. The molecule has 0 amide bonds. The Balaban J connectivity index is 2.24. The highest BCUT2D eigenvalue weighted by atomic mass is 19.4. The van der Waals surface area contributed by atoms with Gasteiger partial charge in [-0.1, -0.05) is 0 Å². The van der Waals surface area contributed by atoms with Crippen LogP contribution >= 0.6 is 0 Å². The minimum absolute atomic E-state index is 0.207. The van der Waals surface area contributed by atoms with Crippen LogP contribution in [0, 0.1) is 0 Å². The van der Waals surface area contributed by atoms with E-state index in [1.54, 1.807) is 6.07 Å². The van der Waals surface area contributed by atoms with Crippen LogP contribution in [0.15, 0.2) is 18.2 Å². The smallest absolute Gasteiger partial charge is 0.398 e. The van der Waals surface area contributed by atoms with Crippen molar-refractivity contribution in [3.63, 3.8) is 0 Å². The molecule has 19 heavy (non-hydrogen) atoms. The number of anilines is 2. The number of rotatable bonds is 2. The third-order valence-corrected chi connectivity index (χ3v) is 3.49. The molecule has 1 aromatic carbocycles. The molecule has 0 aliphatic carbocycles. The standard InChI is InChI=1S/C13H17F3N2O/c1-18(9-4-6-19-7-5-9)10-2-3-12(17)11(8-10)13(14,15)16/h2-3,8-9H,4-7,17H2,1H3.